The Bertz CT molecular complexity index is 852. The fourth-order valence-electron chi connectivity index (χ4n) is 2.14. The Morgan fingerprint density at radius 1 is 1.20 bits per heavy atom. The summed E-state index contributed by atoms with van der Waals surface area (Å²) in [5.41, 5.74) is 0.672. The molecule has 3 rings (SSSR count). The maximum absolute atomic E-state index is 12.1. The summed E-state index contributed by atoms with van der Waals surface area (Å²) in [7, 11) is 0. The van der Waals surface area contributed by atoms with E-state index in [-0.39, 0.29) is 18.3 Å². The predicted octanol–water partition coefficient (Wildman–Crippen LogP) is 3.47. The highest BCUT2D eigenvalue weighted by molar-refractivity contribution is 6.33. The highest BCUT2D eigenvalue weighted by Gasteiger charge is 2.16. The topological polar surface area (TPSA) is 77.2 Å². The second-order valence-corrected chi connectivity index (χ2v) is 5.69. The molecule has 1 heterocycles. The summed E-state index contributed by atoms with van der Waals surface area (Å²) in [4.78, 5) is 16.3. The van der Waals surface area contributed by atoms with Gasteiger partial charge in [0.15, 0.2) is 6.10 Å². The fourth-order valence-corrected chi connectivity index (χ4v) is 2.36. The molecular weight excluding hydrogens is 342 g/mol. The Kier molecular flexibility index (Phi) is 5.30. The summed E-state index contributed by atoms with van der Waals surface area (Å²) >= 11 is 6.11. The zero-order chi connectivity index (χ0) is 17.6. The molecular formula is C18H16ClN3O3. The average Bonchev–Trinajstić information content (AvgIpc) is 3.09. The number of aromatic nitrogens is 2. The Labute approximate surface area is 149 Å². The lowest BCUT2D eigenvalue weighted by Crippen LogP contribution is -2.35. The maximum atomic E-state index is 12.1. The number of nitrogens with zero attached hydrogens (tertiary/aromatic N) is 2. The molecule has 0 unspecified atom stereocenters. The van der Waals surface area contributed by atoms with Crippen LogP contribution in [0.4, 0.5) is 0 Å². The second-order valence-electron chi connectivity index (χ2n) is 5.28. The number of halogens is 1. The fraction of sp³-hybridized carbons (Fsp3) is 0.167. The van der Waals surface area contributed by atoms with Crippen LogP contribution in [0, 0.1) is 0 Å². The molecule has 3 aromatic rings. The Balaban J connectivity index is 1.57. The van der Waals surface area contributed by atoms with Gasteiger partial charge in [-0.15, -0.1) is 0 Å². The lowest BCUT2D eigenvalue weighted by Gasteiger charge is -2.13. The van der Waals surface area contributed by atoms with E-state index < -0.39 is 6.10 Å². The molecule has 1 atom stereocenters. The second kappa shape index (κ2) is 7.81. The minimum absolute atomic E-state index is 0.110. The van der Waals surface area contributed by atoms with Crippen LogP contribution in [0.3, 0.4) is 0 Å². The van der Waals surface area contributed by atoms with E-state index >= 15 is 0 Å². The highest BCUT2D eigenvalue weighted by Crippen LogP contribution is 2.24. The van der Waals surface area contributed by atoms with Gasteiger partial charge in [-0.05, 0) is 31.2 Å². The molecule has 2 aromatic carbocycles. The Hall–Kier alpha value is -2.86. The van der Waals surface area contributed by atoms with E-state index in [9.17, 15) is 4.79 Å². The van der Waals surface area contributed by atoms with Gasteiger partial charge in [-0.3, -0.25) is 4.79 Å². The molecule has 0 saturated carbocycles. The lowest BCUT2D eigenvalue weighted by atomic mass is 10.2. The zero-order valence-corrected chi connectivity index (χ0v) is 14.2. The smallest absolute Gasteiger partial charge is 0.261 e. The first-order valence-corrected chi connectivity index (χ1v) is 8.08. The predicted molar refractivity (Wildman–Crippen MR) is 93.1 cm³/mol. The number of amides is 1. The average molecular weight is 358 g/mol. The van der Waals surface area contributed by atoms with E-state index in [1.165, 1.54) is 0 Å². The third-order valence-corrected chi connectivity index (χ3v) is 3.75. The van der Waals surface area contributed by atoms with E-state index in [1.54, 1.807) is 31.2 Å². The number of hydrogen-bond donors (Lipinski definition) is 1. The molecule has 25 heavy (non-hydrogen) atoms. The van der Waals surface area contributed by atoms with Crippen LogP contribution in [-0.4, -0.2) is 22.2 Å². The summed E-state index contributed by atoms with van der Waals surface area (Å²) in [6.07, 6.45) is -0.645. The van der Waals surface area contributed by atoms with Crippen molar-refractivity contribution in [1.29, 1.82) is 0 Å². The molecule has 0 saturated heterocycles. The minimum Gasteiger partial charge on any atom is -0.481 e. The van der Waals surface area contributed by atoms with Crippen molar-refractivity contribution in [2.24, 2.45) is 0 Å². The quantitative estimate of drug-likeness (QED) is 0.730. The number of carbonyl (C=O) groups is 1. The molecule has 128 valence electrons. The molecule has 1 amide bonds. The number of rotatable bonds is 6. The molecule has 1 aromatic heterocycles. The van der Waals surface area contributed by atoms with Gasteiger partial charge >= 0.3 is 0 Å². The van der Waals surface area contributed by atoms with Crippen molar-refractivity contribution < 1.29 is 14.1 Å². The molecule has 0 fully saturated rings. The molecule has 0 spiro atoms. The molecule has 0 radical (unpaired) electrons. The Morgan fingerprint density at radius 3 is 2.68 bits per heavy atom. The van der Waals surface area contributed by atoms with Crippen molar-refractivity contribution in [3.05, 3.63) is 65.5 Å². The molecule has 0 aliphatic heterocycles. The summed E-state index contributed by atoms with van der Waals surface area (Å²) in [5, 5.41) is 7.12. The number of nitrogens with one attached hydrogen (secondary N) is 1. The van der Waals surface area contributed by atoms with Crippen LogP contribution in [0.25, 0.3) is 11.4 Å². The van der Waals surface area contributed by atoms with Gasteiger partial charge in [-0.2, -0.15) is 4.98 Å². The number of benzene rings is 2. The third kappa shape index (κ3) is 4.36. The van der Waals surface area contributed by atoms with Crippen LogP contribution in [0.15, 0.2) is 59.1 Å². The van der Waals surface area contributed by atoms with Gasteiger partial charge in [0, 0.05) is 5.56 Å². The first-order chi connectivity index (χ1) is 12.1. The van der Waals surface area contributed by atoms with Crippen LogP contribution in [-0.2, 0) is 11.3 Å². The van der Waals surface area contributed by atoms with E-state index in [4.69, 9.17) is 20.9 Å². The normalized spacial score (nSPS) is 11.8. The van der Waals surface area contributed by atoms with Gasteiger partial charge in [0.2, 0.25) is 11.7 Å². The van der Waals surface area contributed by atoms with Crippen molar-refractivity contribution in [1.82, 2.24) is 15.5 Å². The van der Waals surface area contributed by atoms with Gasteiger partial charge < -0.3 is 14.6 Å². The highest BCUT2D eigenvalue weighted by atomic mass is 35.5. The van der Waals surface area contributed by atoms with Gasteiger partial charge in [-0.1, -0.05) is 47.1 Å². The van der Waals surface area contributed by atoms with Gasteiger partial charge in [0.25, 0.3) is 5.91 Å². The third-order valence-electron chi connectivity index (χ3n) is 3.42. The largest absolute Gasteiger partial charge is 0.481 e. The van der Waals surface area contributed by atoms with Crippen molar-refractivity contribution in [2.45, 2.75) is 19.6 Å². The summed E-state index contributed by atoms with van der Waals surface area (Å²) in [5.74, 6) is 1.02. The lowest BCUT2D eigenvalue weighted by molar-refractivity contribution is -0.127. The number of hydrogen-bond acceptors (Lipinski definition) is 5. The molecule has 0 aliphatic rings. The Morgan fingerprint density at radius 2 is 1.92 bits per heavy atom. The molecule has 1 N–H and O–H groups in total. The van der Waals surface area contributed by atoms with E-state index in [0.717, 1.165) is 0 Å². The molecule has 0 bridgehead atoms. The number of para-hydroxylation sites is 1. The molecule has 6 nitrogen and oxygen atoms in total. The van der Waals surface area contributed by atoms with Crippen molar-refractivity contribution >= 4 is 17.5 Å². The van der Waals surface area contributed by atoms with Crippen molar-refractivity contribution in [2.75, 3.05) is 0 Å². The number of carbonyl (C=O) groups excluding carboxylic acids is 1. The first kappa shape index (κ1) is 17.0. The van der Waals surface area contributed by atoms with Gasteiger partial charge in [0.05, 0.1) is 11.6 Å². The molecule has 7 heteroatoms. The van der Waals surface area contributed by atoms with E-state index in [0.29, 0.717) is 22.2 Å². The van der Waals surface area contributed by atoms with Crippen LogP contribution < -0.4 is 10.1 Å². The van der Waals surface area contributed by atoms with Gasteiger partial charge in [-0.25, -0.2) is 0 Å². The minimum atomic E-state index is -0.645. The summed E-state index contributed by atoms with van der Waals surface area (Å²) in [6.45, 7) is 1.78. The summed E-state index contributed by atoms with van der Waals surface area (Å²) < 4.78 is 10.7. The molecule has 0 aliphatic carbocycles. The summed E-state index contributed by atoms with van der Waals surface area (Å²) in [6, 6.07) is 16.3. The van der Waals surface area contributed by atoms with E-state index in [1.807, 2.05) is 30.3 Å². The van der Waals surface area contributed by atoms with Crippen molar-refractivity contribution in [3.63, 3.8) is 0 Å². The maximum Gasteiger partial charge on any atom is 0.261 e. The number of ether oxygens (including phenoxy) is 1. The standard InChI is InChI=1S/C18H16ClN3O3/c1-12(24-13-7-3-2-4-8-13)18(23)20-11-16-21-17(22-25-16)14-9-5-6-10-15(14)19/h2-10,12H,11H2,1H3,(H,20,23)/t12-/m1/s1. The van der Waals surface area contributed by atoms with Crippen LogP contribution in [0.1, 0.15) is 12.8 Å². The van der Waals surface area contributed by atoms with Gasteiger partial charge in [0.1, 0.15) is 5.75 Å². The zero-order valence-electron chi connectivity index (χ0n) is 13.5. The first-order valence-electron chi connectivity index (χ1n) is 7.70. The van der Waals surface area contributed by atoms with E-state index in [2.05, 4.69) is 15.5 Å². The van der Waals surface area contributed by atoms with Crippen LogP contribution in [0.5, 0.6) is 5.75 Å². The van der Waals surface area contributed by atoms with Crippen LogP contribution in [0.2, 0.25) is 5.02 Å². The monoisotopic (exact) mass is 357 g/mol. The van der Waals surface area contributed by atoms with Crippen molar-refractivity contribution in [3.8, 4) is 17.1 Å². The van der Waals surface area contributed by atoms with Crippen LogP contribution >= 0.6 is 11.6 Å². The SMILES string of the molecule is C[C@@H](Oc1ccccc1)C(=O)NCc1nc(-c2ccccc2Cl)no1.